The average molecular weight is 277 g/mol. The Morgan fingerprint density at radius 3 is 2.30 bits per heavy atom. The third kappa shape index (κ3) is 2.42. The van der Waals surface area contributed by atoms with Gasteiger partial charge in [0.15, 0.2) is 0 Å². The Kier molecular flexibility index (Phi) is 4.14. The fourth-order valence-corrected chi connectivity index (χ4v) is 2.10. The van der Waals surface area contributed by atoms with Crippen LogP contribution in [0.2, 0.25) is 0 Å². The van der Waals surface area contributed by atoms with Crippen molar-refractivity contribution in [3.8, 4) is 22.6 Å². The number of nitrogen functional groups attached to an aromatic ring is 1. The summed E-state index contributed by atoms with van der Waals surface area (Å²) in [5, 5.41) is 4.16. The van der Waals surface area contributed by atoms with Gasteiger partial charge in [-0.2, -0.15) is 5.10 Å². The lowest BCUT2D eigenvalue weighted by Gasteiger charge is -2.14. The smallest absolute Gasteiger partial charge is 0.130 e. The van der Waals surface area contributed by atoms with Crippen LogP contribution in [0.25, 0.3) is 11.1 Å². The van der Waals surface area contributed by atoms with E-state index in [1.807, 2.05) is 12.1 Å². The van der Waals surface area contributed by atoms with Crippen molar-refractivity contribution in [2.45, 2.75) is 6.61 Å². The van der Waals surface area contributed by atoms with Crippen LogP contribution in [-0.2, 0) is 18.4 Å². The number of benzene rings is 1. The SMILES string of the molecule is COCc1cc(-c2cnn(C)c2N)c(OC)cc1OC. The fraction of sp³-hybridized carbons (Fsp3) is 0.357. The van der Waals surface area contributed by atoms with E-state index in [-0.39, 0.29) is 0 Å². The highest BCUT2D eigenvalue weighted by Crippen LogP contribution is 2.38. The Labute approximate surface area is 118 Å². The van der Waals surface area contributed by atoms with Gasteiger partial charge in [-0.15, -0.1) is 0 Å². The molecule has 2 aromatic rings. The highest BCUT2D eigenvalue weighted by atomic mass is 16.5. The summed E-state index contributed by atoms with van der Waals surface area (Å²) in [6.07, 6.45) is 1.72. The van der Waals surface area contributed by atoms with E-state index in [1.165, 1.54) is 0 Å². The Balaban J connectivity index is 2.61. The number of anilines is 1. The zero-order valence-electron chi connectivity index (χ0n) is 12.1. The summed E-state index contributed by atoms with van der Waals surface area (Å²) in [6, 6.07) is 3.78. The van der Waals surface area contributed by atoms with Crippen molar-refractivity contribution < 1.29 is 14.2 Å². The van der Waals surface area contributed by atoms with Crippen LogP contribution in [0.15, 0.2) is 18.3 Å². The molecule has 0 saturated heterocycles. The van der Waals surface area contributed by atoms with E-state index in [0.29, 0.717) is 18.2 Å². The maximum atomic E-state index is 6.04. The number of nitrogens with two attached hydrogens (primary N) is 1. The molecule has 0 spiro atoms. The molecule has 0 bridgehead atoms. The minimum Gasteiger partial charge on any atom is -0.496 e. The van der Waals surface area contributed by atoms with Gasteiger partial charge in [-0.1, -0.05) is 0 Å². The molecule has 6 nitrogen and oxygen atoms in total. The molecule has 0 atom stereocenters. The molecule has 20 heavy (non-hydrogen) atoms. The maximum absolute atomic E-state index is 6.04. The molecule has 0 radical (unpaired) electrons. The van der Waals surface area contributed by atoms with Crippen LogP contribution in [0.1, 0.15) is 5.56 Å². The number of hydrogen-bond acceptors (Lipinski definition) is 5. The number of aryl methyl sites for hydroxylation is 1. The standard InChI is InChI=1S/C14H19N3O3/c1-17-14(15)11(7-16-17)10-5-9(8-18-2)12(19-3)6-13(10)20-4/h5-7H,8,15H2,1-4H3. The van der Waals surface area contributed by atoms with Crippen LogP contribution < -0.4 is 15.2 Å². The molecule has 0 aliphatic heterocycles. The van der Waals surface area contributed by atoms with Crippen molar-refractivity contribution in [3.05, 3.63) is 23.9 Å². The lowest BCUT2D eigenvalue weighted by Crippen LogP contribution is -2.00. The van der Waals surface area contributed by atoms with Gasteiger partial charge >= 0.3 is 0 Å². The van der Waals surface area contributed by atoms with Gasteiger partial charge in [0.25, 0.3) is 0 Å². The first kappa shape index (κ1) is 14.2. The fourth-order valence-electron chi connectivity index (χ4n) is 2.10. The lowest BCUT2D eigenvalue weighted by molar-refractivity contribution is 0.181. The van der Waals surface area contributed by atoms with Crippen molar-refractivity contribution in [1.82, 2.24) is 9.78 Å². The van der Waals surface area contributed by atoms with Gasteiger partial charge in [-0.3, -0.25) is 4.68 Å². The summed E-state index contributed by atoms with van der Waals surface area (Å²) < 4.78 is 17.6. The number of nitrogens with zero attached hydrogens (tertiary/aromatic N) is 2. The molecule has 1 aromatic carbocycles. The molecule has 1 aromatic heterocycles. The van der Waals surface area contributed by atoms with E-state index in [1.54, 1.807) is 39.3 Å². The zero-order chi connectivity index (χ0) is 14.7. The van der Waals surface area contributed by atoms with Gasteiger partial charge in [0.1, 0.15) is 17.3 Å². The molecule has 0 aliphatic carbocycles. The molecule has 0 aliphatic rings. The number of methoxy groups -OCH3 is 3. The second-order valence-electron chi connectivity index (χ2n) is 4.36. The van der Waals surface area contributed by atoms with Gasteiger partial charge in [0.2, 0.25) is 0 Å². The molecule has 108 valence electrons. The highest BCUT2D eigenvalue weighted by molar-refractivity contribution is 5.79. The second-order valence-corrected chi connectivity index (χ2v) is 4.36. The maximum Gasteiger partial charge on any atom is 0.130 e. The summed E-state index contributed by atoms with van der Waals surface area (Å²) in [5.41, 5.74) is 8.65. The second kappa shape index (κ2) is 5.83. The number of aromatic nitrogens is 2. The average Bonchev–Trinajstić information content (AvgIpc) is 2.79. The minimum absolute atomic E-state index is 0.445. The van der Waals surface area contributed by atoms with Gasteiger partial charge in [0.05, 0.1) is 27.0 Å². The van der Waals surface area contributed by atoms with Crippen molar-refractivity contribution in [2.24, 2.45) is 7.05 Å². The Morgan fingerprint density at radius 2 is 1.80 bits per heavy atom. The van der Waals surface area contributed by atoms with E-state index in [9.17, 15) is 0 Å². The Morgan fingerprint density at radius 1 is 1.10 bits per heavy atom. The van der Waals surface area contributed by atoms with E-state index in [2.05, 4.69) is 5.10 Å². The van der Waals surface area contributed by atoms with Crippen molar-refractivity contribution in [2.75, 3.05) is 27.1 Å². The Bertz CT molecular complexity index is 608. The molecule has 2 rings (SSSR count). The predicted octanol–water partition coefficient (Wildman–Crippen LogP) is 1.83. The monoisotopic (exact) mass is 277 g/mol. The summed E-state index contributed by atoms with van der Waals surface area (Å²) in [6.45, 7) is 0.445. The van der Waals surface area contributed by atoms with Crippen LogP contribution >= 0.6 is 0 Å². The molecule has 6 heteroatoms. The van der Waals surface area contributed by atoms with Crippen molar-refractivity contribution >= 4 is 5.82 Å². The van der Waals surface area contributed by atoms with Crippen LogP contribution in [-0.4, -0.2) is 31.1 Å². The molecule has 0 unspecified atom stereocenters. The number of hydrogen-bond donors (Lipinski definition) is 1. The highest BCUT2D eigenvalue weighted by Gasteiger charge is 2.16. The van der Waals surface area contributed by atoms with Crippen LogP contribution in [0.5, 0.6) is 11.5 Å². The molecule has 0 saturated carbocycles. The normalized spacial score (nSPS) is 10.6. The summed E-state index contributed by atoms with van der Waals surface area (Å²) >= 11 is 0. The molecular weight excluding hydrogens is 258 g/mol. The first-order valence-corrected chi connectivity index (χ1v) is 6.14. The largest absolute Gasteiger partial charge is 0.496 e. The van der Waals surface area contributed by atoms with Gasteiger partial charge in [0, 0.05) is 36.9 Å². The van der Waals surface area contributed by atoms with Gasteiger partial charge in [-0.25, -0.2) is 0 Å². The first-order valence-electron chi connectivity index (χ1n) is 6.14. The molecule has 0 fully saturated rings. The zero-order valence-corrected chi connectivity index (χ0v) is 12.1. The van der Waals surface area contributed by atoms with E-state index in [0.717, 1.165) is 22.4 Å². The van der Waals surface area contributed by atoms with Crippen molar-refractivity contribution in [3.63, 3.8) is 0 Å². The van der Waals surface area contributed by atoms with Crippen LogP contribution in [0.4, 0.5) is 5.82 Å². The number of ether oxygens (including phenoxy) is 3. The summed E-state index contributed by atoms with van der Waals surface area (Å²) in [7, 11) is 6.67. The third-order valence-electron chi connectivity index (χ3n) is 3.18. The summed E-state index contributed by atoms with van der Waals surface area (Å²) in [4.78, 5) is 0. The molecular formula is C14H19N3O3. The molecule has 0 amide bonds. The summed E-state index contributed by atoms with van der Waals surface area (Å²) in [5.74, 6) is 1.98. The quantitative estimate of drug-likeness (QED) is 0.902. The van der Waals surface area contributed by atoms with E-state index in [4.69, 9.17) is 19.9 Å². The first-order chi connectivity index (χ1) is 9.62. The van der Waals surface area contributed by atoms with Crippen LogP contribution in [0.3, 0.4) is 0 Å². The lowest BCUT2D eigenvalue weighted by atomic mass is 10.0. The van der Waals surface area contributed by atoms with Crippen molar-refractivity contribution in [1.29, 1.82) is 0 Å². The number of rotatable bonds is 5. The van der Waals surface area contributed by atoms with Gasteiger partial charge < -0.3 is 19.9 Å². The van der Waals surface area contributed by atoms with E-state index >= 15 is 0 Å². The topological polar surface area (TPSA) is 71.5 Å². The Hall–Kier alpha value is -2.21. The van der Waals surface area contributed by atoms with E-state index < -0.39 is 0 Å². The van der Waals surface area contributed by atoms with Gasteiger partial charge in [-0.05, 0) is 6.07 Å². The molecule has 1 heterocycles. The molecule has 2 N–H and O–H groups in total. The predicted molar refractivity (Wildman–Crippen MR) is 76.9 cm³/mol. The third-order valence-corrected chi connectivity index (χ3v) is 3.18. The van der Waals surface area contributed by atoms with Crippen LogP contribution in [0, 0.1) is 0 Å². The minimum atomic E-state index is 0.445.